The van der Waals surface area contributed by atoms with Crippen molar-refractivity contribution in [2.75, 3.05) is 19.9 Å². The fourth-order valence-electron chi connectivity index (χ4n) is 1.76. The van der Waals surface area contributed by atoms with Gasteiger partial charge >= 0.3 is 11.5 Å². The highest BCUT2D eigenvalue weighted by molar-refractivity contribution is 6.61. The second-order valence-corrected chi connectivity index (χ2v) is 3.88. The Bertz CT molecular complexity index is 260. The summed E-state index contributed by atoms with van der Waals surface area (Å²) in [5, 5.41) is 0. The highest BCUT2D eigenvalue weighted by atomic mass is 35.5. The molecule has 0 radical (unpaired) electrons. The van der Waals surface area contributed by atoms with Gasteiger partial charge in [0.25, 0.3) is 0 Å². The minimum Gasteiger partial charge on any atom is -0.416 e. The number of carbonyl (C=O) groups excluding carboxylic acids is 2. The van der Waals surface area contributed by atoms with Gasteiger partial charge in [0.15, 0.2) is 0 Å². The number of hydrogen-bond donors (Lipinski definition) is 0. The molecule has 2 rings (SSSR count). The first-order valence-corrected chi connectivity index (χ1v) is 4.78. The second kappa shape index (κ2) is 3.65. The minimum absolute atomic E-state index is 0.410. The van der Waals surface area contributed by atoms with Gasteiger partial charge in [0.1, 0.15) is 0 Å². The highest BCUT2D eigenvalue weighted by Gasteiger charge is 2.47. The van der Waals surface area contributed by atoms with E-state index in [1.807, 2.05) is 0 Å². The summed E-state index contributed by atoms with van der Waals surface area (Å²) in [6.07, 6.45) is 0.788. The maximum absolute atomic E-state index is 11.3. The van der Waals surface area contributed by atoms with Gasteiger partial charge in [-0.25, -0.2) is 9.59 Å². The standard InChI is InChI=1S/C8H10ClNO4/c9-7(11)13-4-14-8(12)10-2-5-1-6(5)3-10/h5-6H,1-4H2. The average Bonchev–Trinajstić information content (AvgIpc) is 2.73. The third kappa shape index (κ3) is 2.09. The molecule has 1 heterocycles. The molecule has 1 aliphatic carbocycles. The summed E-state index contributed by atoms with van der Waals surface area (Å²) in [4.78, 5) is 23.0. The molecular formula is C8H10ClNO4. The van der Waals surface area contributed by atoms with Gasteiger partial charge in [0.05, 0.1) is 0 Å². The predicted octanol–water partition coefficient (Wildman–Crippen LogP) is 1.41. The zero-order valence-corrected chi connectivity index (χ0v) is 8.20. The van der Waals surface area contributed by atoms with Crippen LogP contribution < -0.4 is 0 Å². The van der Waals surface area contributed by atoms with Crippen LogP contribution in [-0.4, -0.2) is 36.3 Å². The fraction of sp³-hybridized carbons (Fsp3) is 0.750. The first-order valence-electron chi connectivity index (χ1n) is 4.41. The van der Waals surface area contributed by atoms with E-state index in [1.165, 1.54) is 6.42 Å². The molecule has 1 saturated heterocycles. The van der Waals surface area contributed by atoms with Crippen molar-refractivity contribution in [1.82, 2.24) is 4.90 Å². The van der Waals surface area contributed by atoms with E-state index in [9.17, 15) is 9.59 Å². The van der Waals surface area contributed by atoms with Gasteiger partial charge in [0, 0.05) is 24.7 Å². The van der Waals surface area contributed by atoms with Crippen molar-refractivity contribution in [2.45, 2.75) is 6.42 Å². The predicted molar refractivity (Wildman–Crippen MR) is 46.9 cm³/mol. The number of hydrogen-bond acceptors (Lipinski definition) is 4. The Labute approximate surface area is 85.9 Å². The van der Waals surface area contributed by atoms with E-state index in [2.05, 4.69) is 9.47 Å². The molecule has 2 unspecified atom stereocenters. The molecule has 1 amide bonds. The number of carbonyl (C=O) groups is 2. The van der Waals surface area contributed by atoms with Crippen LogP contribution in [0, 0.1) is 11.8 Å². The van der Waals surface area contributed by atoms with E-state index in [0.717, 1.165) is 13.1 Å². The lowest BCUT2D eigenvalue weighted by molar-refractivity contribution is 0.0181. The Morgan fingerprint density at radius 3 is 2.50 bits per heavy atom. The Morgan fingerprint density at radius 1 is 1.29 bits per heavy atom. The molecule has 2 aliphatic rings. The van der Waals surface area contributed by atoms with Crippen LogP contribution in [-0.2, 0) is 9.47 Å². The van der Waals surface area contributed by atoms with Crippen LogP contribution in [0.3, 0.4) is 0 Å². The van der Waals surface area contributed by atoms with Crippen molar-refractivity contribution in [3.63, 3.8) is 0 Å². The van der Waals surface area contributed by atoms with Crippen LogP contribution in [0.4, 0.5) is 9.59 Å². The number of likely N-dealkylation sites (tertiary alicyclic amines) is 1. The summed E-state index contributed by atoms with van der Waals surface area (Å²) in [5.41, 5.74) is -0.970. The molecule has 0 aromatic heterocycles. The lowest BCUT2D eigenvalue weighted by atomic mass is 10.4. The number of ether oxygens (including phenoxy) is 2. The van der Waals surface area contributed by atoms with E-state index < -0.39 is 18.3 Å². The van der Waals surface area contributed by atoms with Gasteiger partial charge in [-0.05, 0) is 18.3 Å². The first kappa shape index (κ1) is 9.58. The zero-order valence-electron chi connectivity index (χ0n) is 7.44. The summed E-state index contributed by atoms with van der Waals surface area (Å²) in [6.45, 7) is 1.11. The molecule has 0 bridgehead atoms. The van der Waals surface area contributed by atoms with Crippen molar-refractivity contribution in [3.8, 4) is 0 Å². The van der Waals surface area contributed by atoms with Gasteiger partial charge < -0.3 is 14.4 Å². The van der Waals surface area contributed by atoms with Gasteiger partial charge in [-0.15, -0.1) is 0 Å². The molecule has 78 valence electrons. The number of rotatable bonds is 2. The minimum atomic E-state index is -0.970. The summed E-state index contributed by atoms with van der Waals surface area (Å²) in [5.74, 6) is 1.33. The second-order valence-electron chi connectivity index (χ2n) is 3.57. The smallest absolute Gasteiger partial charge is 0.412 e. The first-order chi connectivity index (χ1) is 6.66. The van der Waals surface area contributed by atoms with Gasteiger partial charge in [-0.1, -0.05) is 0 Å². The third-order valence-electron chi connectivity index (χ3n) is 2.59. The SMILES string of the molecule is O=C(Cl)OCOC(=O)N1CC2CC2C1. The van der Waals surface area contributed by atoms with Crippen LogP contribution in [0.2, 0.25) is 0 Å². The van der Waals surface area contributed by atoms with Gasteiger partial charge in [-0.3, -0.25) is 0 Å². The van der Waals surface area contributed by atoms with E-state index in [0.29, 0.717) is 11.8 Å². The fourth-order valence-corrected chi connectivity index (χ4v) is 1.81. The monoisotopic (exact) mass is 219 g/mol. The Kier molecular flexibility index (Phi) is 2.50. The molecule has 6 heteroatoms. The number of nitrogens with zero attached hydrogens (tertiary/aromatic N) is 1. The maximum atomic E-state index is 11.3. The van der Waals surface area contributed by atoms with Crippen molar-refractivity contribution >= 4 is 23.1 Å². The molecule has 0 spiro atoms. The van der Waals surface area contributed by atoms with Crippen LogP contribution in [0.1, 0.15) is 6.42 Å². The van der Waals surface area contributed by atoms with E-state index in [4.69, 9.17) is 11.6 Å². The van der Waals surface area contributed by atoms with Crippen molar-refractivity contribution in [1.29, 1.82) is 0 Å². The number of fused-ring (bicyclic) bond motifs is 1. The molecule has 1 aliphatic heterocycles. The zero-order chi connectivity index (χ0) is 10.1. The van der Waals surface area contributed by atoms with Gasteiger partial charge in [0.2, 0.25) is 6.79 Å². The molecule has 0 aromatic carbocycles. The molecule has 5 nitrogen and oxygen atoms in total. The Morgan fingerprint density at radius 2 is 1.93 bits per heavy atom. The summed E-state index contributed by atoms with van der Waals surface area (Å²) < 4.78 is 8.93. The lowest BCUT2D eigenvalue weighted by Gasteiger charge is -2.16. The molecular weight excluding hydrogens is 210 g/mol. The Balaban J connectivity index is 1.66. The molecule has 1 saturated carbocycles. The number of piperidine rings is 1. The Hall–Kier alpha value is -0.970. The molecule has 2 atom stereocenters. The molecule has 0 aromatic rings. The van der Waals surface area contributed by atoms with Crippen molar-refractivity contribution in [2.24, 2.45) is 11.8 Å². The van der Waals surface area contributed by atoms with Crippen LogP contribution in [0.5, 0.6) is 0 Å². The molecule has 2 fully saturated rings. The topological polar surface area (TPSA) is 55.8 Å². The van der Waals surface area contributed by atoms with Gasteiger partial charge in [-0.2, -0.15) is 0 Å². The van der Waals surface area contributed by atoms with E-state index in [-0.39, 0.29) is 0 Å². The number of halogens is 1. The van der Waals surface area contributed by atoms with Crippen molar-refractivity contribution < 1.29 is 19.1 Å². The summed E-state index contributed by atoms with van der Waals surface area (Å²) in [7, 11) is 0. The summed E-state index contributed by atoms with van der Waals surface area (Å²) in [6, 6.07) is 0. The normalized spacial score (nSPS) is 28.2. The van der Waals surface area contributed by atoms with E-state index in [1.54, 1.807) is 4.90 Å². The maximum Gasteiger partial charge on any atom is 0.412 e. The molecule has 0 N–H and O–H groups in total. The van der Waals surface area contributed by atoms with Crippen LogP contribution in [0.15, 0.2) is 0 Å². The lowest BCUT2D eigenvalue weighted by Crippen LogP contribution is -2.31. The molecule has 14 heavy (non-hydrogen) atoms. The highest BCUT2D eigenvalue weighted by Crippen LogP contribution is 2.44. The van der Waals surface area contributed by atoms with Crippen molar-refractivity contribution in [3.05, 3.63) is 0 Å². The van der Waals surface area contributed by atoms with E-state index >= 15 is 0 Å². The summed E-state index contributed by atoms with van der Waals surface area (Å²) >= 11 is 4.89. The quantitative estimate of drug-likeness (QED) is 0.521. The number of amides is 1. The third-order valence-corrected chi connectivity index (χ3v) is 2.70. The largest absolute Gasteiger partial charge is 0.416 e. The van der Waals surface area contributed by atoms with Crippen LogP contribution in [0.25, 0.3) is 0 Å². The average molecular weight is 220 g/mol. The van der Waals surface area contributed by atoms with Crippen LogP contribution >= 0.6 is 11.6 Å².